The van der Waals surface area contributed by atoms with E-state index in [2.05, 4.69) is 58.3 Å². The van der Waals surface area contributed by atoms with Crippen molar-refractivity contribution in [1.82, 2.24) is 10.3 Å². The van der Waals surface area contributed by atoms with Gasteiger partial charge in [-0.2, -0.15) is 0 Å². The van der Waals surface area contributed by atoms with Crippen LogP contribution in [0.3, 0.4) is 0 Å². The lowest BCUT2D eigenvalue weighted by Gasteiger charge is -2.15. The second kappa shape index (κ2) is 5.76. The molecular weight excluding hydrogens is 296 g/mol. The number of aryl methyl sites for hydroxylation is 1. The van der Waals surface area contributed by atoms with Crippen molar-refractivity contribution in [1.29, 1.82) is 0 Å². The molecule has 1 aromatic carbocycles. The average molecular weight is 311 g/mol. The quantitative estimate of drug-likeness (QED) is 0.921. The number of nitrogens with zero attached hydrogens (tertiary/aromatic N) is 1. The van der Waals surface area contributed by atoms with Crippen molar-refractivity contribution >= 4 is 27.3 Å². The van der Waals surface area contributed by atoms with Crippen molar-refractivity contribution in [3.63, 3.8) is 0 Å². The van der Waals surface area contributed by atoms with Crippen LogP contribution in [0.4, 0.5) is 0 Å². The van der Waals surface area contributed by atoms with Crippen LogP contribution < -0.4 is 5.32 Å². The maximum atomic E-state index is 4.25. The molecule has 1 heterocycles. The van der Waals surface area contributed by atoms with Gasteiger partial charge in [-0.3, -0.25) is 0 Å². The van der Waals surface area contributed by atoms with E-state index in [1.54, 1.807) is 11.3 Å². The molecule has 4 heteroatoms. The van der Waals surface area contributed by atoms with Gasteiger partial charge < -0.3 is 5.32 Å². The van der Waals surface area contributed by atoms with E-state index in [-0.39, 0.29) is 0 Å². The molecule has 2 aromatic rings. The maximum Gasteiger partial charge on any atom is 0.0798 e. The van der Waals surface area contributed by atoms with Crippen molar-refractivity contribution in [2.45, 2.75) is 26.4 Å². The zero-order valence-corrected chi connectivity index (χ0v) is 12.3. The summed E-state index contributed by atoms with van der Waals surface area (Å²) in [6, 6.07) is 8.64. The topological polar surface area (TPSA) is 24.9 Å². The highest BCUT2D eigenvalue weighted by atomic mass is 79.9. The van der Waals surface area contributed by atoms with Gasteiger partial charge in [-0.15, -0.1) is 11.3 Å². The third-order valence-corrected chi connectivity index (χ3v) is 4.44. The Bertz CT molecular complexity index is 496. The summed E-state index contributed by atoms with van der Waals surface area (Å²) in [7, 11) is 0. The van der Waals surface area contributed by atoms with Crippen molar-refractivity contribution in [2.24, 2.45) is 0 Å². The molecule has 1 unspecified atom stereocenters. The van der Waals surface area contributed by atoms with Crippen LogP contribution in [0.2, 0.25) is 0 Å². The number of hydrogen-bond donors (Lipinski definition) is 1. The third kappa shape index (κ3) is 3.15. The molecule has 2 rings (SSSR count). The zero-order valence-electron chi connectivity index (χ0n) is 9.90. The summed E-state index contributed by atoms with van der Waals surface area (Å²) in [6.07, 6.45) is 0. The highest BCUT2D eigenvalue weighted by Gasteiger charge is 2.09. The number of halogens is 1. The molecule has 0 aliphatic carbocycles. The third-order valence-electron chi connectivity index (χ3n) is 2.79. The van der Waals surface area contributed by atoms with Crippen LogP contribution in [-0.2, 0) is 6.54 Å². The molecule has 0 spiro atoms. The molecule has 17 heavy (non-hydrogen) atoms. The van der Waals surface area contributed by atoms with E-state index in [4.69, 9.17) is 0 Å². The normalized spacial score (nSPS) is 12.6. The standard InChI is InChI=1S/C13H15BrN2S/c1-9(11-5-3-4-6-12(11)14)15-7-13-10(2)16-8-17-13/h3-6,8-9,15H,7H2,1-2H3. The fourth-order valence-electron chi connectivity index (χ4n) is 1.68. The number of hydrogen-bond acceptors (Lipinski definition) is 3. The van der Waals surface area contributed by atoms with Gasteiger partial charge in [0.15, 0.2) is 0 Å². The smallest absolute Gasteiger partial charge is 0.0798 e. The Morgan fingerprint density at radius 1 is 1.41 bits per heavy atom. The van der Waals surface area contributed by atoms with Crippen molar-refractivity contribution in [3.8, 4) is 0 Å². The lowest BCUT2D eigenvalue weighted by atomic mass is 10.1. The largest absolute Gasteiger partial charge is 0.305 e. The minimum atomic E-state index is 0.326. The summed E-state index contributed by atoms with van der Waals surface area (Å²) in [6.45, 7) is 5.10. The van der Waals surface area contributed by atoms with E-state index in [1.165, 1.54) is 10.4 Å². The van der Waals surface area contributed by atoms with Gasteiger partial charge >= 0.3 is 0 Å². The average Bonchev–Trinajstić information content (AvgIpc) is 2.72. The van der Waals surface area contributed by atoms with E-state index in [0.29, 0.717) is 6.04 Å². The number of aromatic nitrogens is 1. The molecule has 1 aromatic heterocycles. The van der Waals surface area contributed by atoms with Crippen LogP contribution in [0, 0.1) is 6.92 Å². The first-order valence-electron chi connectivity index (χ1n) is 5.55. The molecule has 1 N–H and O–H groups in total. The fraction of sp³-hybridized carbons (Fsp3) is 0.308. The summed E-state index contributed by atoms with van der Waals surface area (Å²) in [5.74, 6) is 0. The van der Waals surface area contributed by atoms with Crippen molar-refractivity contribution in [3.05, 3.63) is 50.4 Å². The zero-order chi connectivity index (χ0) is 12.3. The van der Waals surface area contributed by atoms with Gasteiger partial charge in [0.25, 0.3) is 0 Å². The van der Waals surface area contributed by atoms with E-state index in [0.717, 1.165) is 16.7 Å². The van der Waals surface area contributed by atoms with Gasteiger partial charge in [0.05, 0.1) is 11.2 Å². The predicted molar refractivity (Wildman–Crippen MR) is 76.2 cm³/mol. The minimum absolute atomic E-state index is 0.326. The van der Waals surface area contributed by atoms with Crippen LogP contribution in [-0.4, -0.2) is 4.98 Å². The highest BCUT2D eigenvalue weighted by Crippen LogP contribution is 2.23. The summed E-state index contributed by atoms with van der Waals surface area (Å²) < 4.78 is 1.15. The lowest BCUT2D eigenvalue weighted by Crippen LogP contribution is -2.18. The molecule has 0 amide bonds. The molecular formula is C13H15BrN2S. The summed E-state index contributed by atoms with van der Waals surface area (Å²) in [4.78, 5) is 5.56. The van der Waals surface area contributed by atoms with Crippen LogP contribution in [0.1, 0.15) is 29.1 Å². The molecule has 90 valence electrons. The Labute approximate surface area is 114 Å². The first-order chi connectivity index (χ1) is 8.18. The molecule has 1 atom stereocenters. The predicted octanol–water partition coefficient (Wildman–Crippen LogP) is 4.06. The van der Waals surface area contributed by atoms with E-state index >= 15 is 0 Å². The summed E-state index contributed by atoms with van der Waals surface area (Å²) >= 11 is 5.29. The van der Waals surface area contributed by atoms with Gasteiger partial charge in [-0.25, -0.2) is 4.98 Å². The number of rotatable bonds is 4. The molecule has 0 bridgehead atoms. The summed E-state index contributed by atoms with van der Waals surface area (Å²) in [5, 5.41) is 3.52. The molecule has 0 aliphatic rings. The Morgan fingerprint density at radius 3 is 2.82 bits per heavy atom. The second-order valence-electron chi connectivity index (χ2n) is 3.99. The maximum absolute atomic E-state index is 4.25. The minimum Gasteiger partial charge on any atom is -0.305 e. The van der Waals surface area contributed by atoms with Crippen LogP contribution >= 0.6 is 27.3 Å². The molecule has 0 aliphatic heterocycles. The first-order valence-corrected chi connectivity index (χ1v) is 7.22. The van der Waals surface area contributed by atoms with Gasteiger partial charge in [-0.05, 0) is 25.5 Å². The Hall–Kier alpha value is -0.710. The van der Waals surface area contributed by atoms with E-state index in [1.807, 2.05) is 11.6 Å². The highest BCUT2D eigenvalue weighted by molar-refractivity contribution is 9.10. The number of benzene rings is 1. The monoisotopic (exact) mass is 310 g/mol. The van der Waals surface area contributed by atoms with Gasteiger partial charge in [-0.1, -0.05) is 34.1 Å². The van der Waals surface area contributed by atoms with Crippen LogP contribution in [0.25, 0.3) is 0 Å². The van der Waals surface area contributed by atoms with E-state index < -0.39 is 0 Å². The second-order valence-corrected chi connectivity index (χ2v) is 5.78. The first kappa shape index (κ1) is 12.7. The van der Waals surface area contributed by atoms with Gasteiger partial charge in [0.1, 0.15) is 0 Å². The summed E-state index contributed by atoms with van der Waals surface area (Å²) in [5.41, 5.74) is 4.31. The number of nitrogens with one attached hydrogen (secondary N) is 1. The Morgan fingerprint density at radius 2 is 2.18 bits per heavy atom. The Kier molecular flexibility index (Phi) is 4.31. The SMILES string of the molecule is Cc1ncsc1CNC(C)c1ccccc1Br. The van der Waals surface area contributed by atoms with Gasteiger partial charge in [0.2, 0.25) is 0 Å². The van der Waals surface area contributed by atoms with Crippen LogP contribution in [0.5, 0.6) is 0 Å². The molecule has 0 fully saturated rings. The Balaban J connectivity index is 2.01. The van der Waals surface area contributed by atoms with Crippen molar-refractivity contribution < 1.29 is 0 Å². The molecule has 0 saturated carbocycles. The van der Waals surface area contributed by atoms with Crippen molar-refractivity contribution in [2.75, 3.05) is 0 Å². The lowest BCUT2D eigenvalue weighted by molar-refractivity contribution is 0.575. The van der Waals surface area contributed by atoms with Crippen LogP contribution in [0.15, 0.2) is 34.2 Å². The number of thiazole rings is 1. The van der Waals surface area contributed by atoms with Gasteiger partial charge in [0, 0.05) is 21.9 Å². The van der Waals surface area contributed by atoms with E-state index in [9.17, 15) is 0 Å². The molecule has 0 radical (unpaired) electrons. The fourth-order valence-corrected chi connectivity index (χ4v) is 3.03. The molecule has 0 saturated heterocycles. The molecule has 2 nitrogen and oxygen atoms in total.